The normalized spacial score (nSPS) is 14.3. The van der Waals surface area contributed by atoms with E-state index >= 15 is 0 Å². The first kappa shape index (κ1) is 13.1. The van der Waals surface area contributed by atoms with Gasteiger partial charge in [0.2, 0.25) is 5.89 Å². The molecule has 1 aromatic heterocycles. The van der Waals surface area contributed by atoms with E-state index in [0.29, 0.717) is 11.5 Å². The molecule has 1 aromatic carbocycles. The molecule has 0 spiro atoms. The Kier molecular flexibility index (Phi) is 3.17. The van der Waals surface area contributed by atoms with Crippen molar-refractivity contribution in [2.75, 3.05) is 5.32 Å². The van der Waals surface area contributed by atoms with Crippen LogP contribution in [0.4, 0.5) is 10.3 Å². The first-order valence-electron chi connectivity index (χ1n) is 6.16. The van der Waals surface area contributed by atoms with Gasteiger partial charge < -0.3 is 4.52 Å². The predicted molar refractivity (Wildman–Crippen MR) is 70.4 cm³/mol. The molecule has 3 rings (SSSR count). The molecular formula is C13H11ClFN3O2. The molecule has 7 heteroatoms. The topological polar surface area (TPSA) is 68.0 Å². The zero-order valence-corrected chi connectivity index (χ0v) is 11.4. The standard InChI is InChI=1S/C13H11ClFN3O2/c1-6-2-5-8(15)9(10(6)14)11(19)16-13-17-12(20-18-13)7-3-4-7/h2,5,7H,3-4H2,1H3,(H,16,18,19). The number of halogens is 2. The van der Waals surface area contributed by atoms with Crippen LogP contribution in [0.15, 0.2) is 16.7 Å². The van der Waals surface area contributed by atoms with Crippen LogP contribution < -0.4 is 5.32 Å². The van der Waals surface area contributed by atoms with Crippen LogP contribution in [-0.2, 0) is 0 Å². The monoisotopic (exact) mass is 295 g/mol. The number of hydrogen-bond acceptors (Lipinski definition) is 4. The Morgan fingerprint density at radius 2 is 2.25 bits per heavy atom. The lowest BCUT2D eigenvalue weighted by atomic mass is 10.1. The van der Waals surface area contributed by atoms with Crippen molar-refractivity contribution in [3.63, 3.8) is 0 Å². The van der Waals surface area contributed by atoms with Crippen molar-refractivity contribution in [3.05, 3.63) is 40.0 Å². The number of carbonyl (C=O) groups is 1. The molecule has 1 aliphatic rings. The van der Waals surface area contributed by atoms with E-state index in [-0.39, 0.29) is 22.5 Å². The zero-order chi connectivity index (χ0) is 14.3. The molecule has 2 aromatic rings. The van der Waals surface area contributed by atoms with Gasteiger partial charge in [0, 0.05) is 5.92 Å². The van der Waals surface area contributed by atoms with Gasteiger partial charge in [-0.3, -0.25) is 10.1 Å². The number of carbonyl (C=O) groups excluding carboxylic acids is 1. The van der Waals surface area contributed by atoms with Crippen molar-refractivity contribution in [1.82, 2.24) is 10.1 Å². The van der Waals surface area contributed by atoms with E-state index in [4.69, 9.17) is 16.1 Å². The molecule has 0 radical (unpaired) electrons. The van der Waals surface area contributed by atoms with Crippen molar-refractivity contribution in [1.29, 1.82) is 0 Å². The summed E-state index contributed by atoms with van der Waals surface area (Å²) in [6.07, 6.45) is 2.02. The lowest BCUT2D eigenvalue weighted by Gasteiger charge is -2.06. The molecule has 1 aliphatic carbocycles. The summed E-state index contributed by atoms with van der Waals surface area (Å²) in [5, 5.41) is 6.11. The van der Waals surface area contributed by atoms with Crippen LogP contribution in [0, 0.1) is 12.7 Å². The summed E-state index contributed by atoms with van der Waals surface area (Å²) < 4.78 is 18.7. The smallest absolute Gasteiger partial charge is 0.270 e. The molecular weight excluding hydrogens is 285 g/mol. The summed E-state index contributed by atoms with van der Waals surface area (Å²) >= 11 is 5.96. The average molecular weight is 296 g/mol. The molecule has 0 atom stereocenters. The van der Waals surface area contributed by atoms with Gasteiger partial charge in [-0.05, 0) is 36.6 Å². The molecule has 1 fully saturated rings. The van der Waals surface area contributed by atoms with E-state index in [2.05, 4.69) is 15.5 Å². The van der Waals surface area contributed by atoms with Crippen molar-refractivity contribution < 1.29 is 13.7 Å². The van der Waals surface area contributed by atoms with Gasteiger partial charge in [-0.2, -0.15) is 4.98 Å². The molecule has 1 amide bonds. The number of amides is 1. The number of nitrogens with zero attached hydrogens (tertiary/aromatic N) is 2. The largest absolute Gasteiger partial charge is 0.337 e. The minimum atomic E-state index is -0.695. The lowest BCUT2D eigenvalue weighted by molar-refractivity contribution is 0.102. The van der Waals surface area contributed by atoms with Crippen LogP contribution in [0.3, 0.4) is 0 Å². The average Bonchev–Trinajstić information content (AvgIpc) is 3.16. The summed E-state index contributed by atoms with van der Waals surface area (Å²) in [5.74, 6) is -0.583. The van der Waals surface area contributed by atoms with Crippen LogP contribution >= 0.6 is 11.6 Å². The summed E-state index contributed by atoms with van der Waals surface area (Å²) in [6.45, 7) is 1.69. The van der Waals surface area contributed by atoms with Crippen LogP contribution in [0.1, 0.15) is 40.6 Å². The minimum absolute atomic E-state index is 0.0221. The summed E-state index contributed by atoms with van der Waals surface area (Å²) in [4.78, 5) is 16.1. The number of anilines is 1. The molecule has 0 aliphatic heterocycles. The van der Waals surface area contributed by atoms with Gasteiger partial charge in [0.05, 0.1) is 10.6 Å². The Balaban J connectivity index is 1.83. The van der Waals surface area contributed by atoms with Crippen LogP contribution in [0.5, 0.6) is 0 Å². The molecule has 1 saturated carbocycles. The third-order valence-corrected chi connectivity index (χ3v) is 3.59. The molecule has 0 bridgehead atoms. The Labute approximate surface area is 119 Å². The van der Waals surface area contributed by atoms with Gasteiger partial charge in [-0.15, -0.1) is 0 Å². The predicted octanol–water partition coefficient (Wildman–Crippen LogP) is 3.30. The molecule has 5 nitrogen and oxygen atoms in total. The summed E-state index contributed by atoms with van der Waals surface area (Å²) in [5.41, 5.74) is 0.398. The molecule has 0 unspecified atom stereocenters. The van der Waals surface area contributed by atoms with Gasteiger partial charge in [0.1, 0.15) is 5.82 Å². The minimum Gasteiger partial charge on any atom is -0.337 e. The number of rotatable bonds is 3. The van der Waals surface area contributed by atoms with Crippen LogP contribution in [0.25, 0.3) is 0 Å². The fourth-order valence-electron chi connectivity index (χ4n) is 1.81. The van der Waals surface area contributed by atoms with E-state index < -0.39 is 11.7 Å². The molecule has 0 saturated heterocycles. The molecule has 20 heavy (non-hydrogen) atoms. The number of nitrogens with one attached hydrogen (secondary N) is 1. The first-order valence-corrected chi connectivity index (χ1v) is 6.53. The highest BCUT2D eigenvalue weighted by Crippen LogP contribution is 2.39. The van der Waals surface area contributed by atoms with E-state index in [9.17, 15) is 9.18 Å². The van der Waals surface area contributed by atoms with Gasteiger partial charge in [0.25, 0.3) is 11.9 Å². The van der Waals surface area contributed by atoms with Gasteiger partial charge in [-0.25, -0.2) is 4.39 Å². The second-order valence-corrected chi connectivity index (χ2v) is 5.12. The van der Waals surface area contributed by atoms with E-state index in [1.165, 1.54) is 12.1 Å². The highest BCUT2D eigenvalue weighted by atomic mass is 35.5. The third-order valence-electron chi connectivity index (χ3n) is 3.10. The van der Waals surface area contributed by atoms with Crippen molar-refractivity contribution >= 4 is 23.5 Å². The quantitative estimate of drug-likeness (QED) is 0.943. The third kappa shape index (κ3) is 2.38. The Bertz CT molecular complexity index is 682. The van der Waals surface area contributed by atoms with E-state index in [0.717, 1.165) is 12.8 Å². The fourth-order valence-corrected chi connectivity index (χ4v) is 2.05. The van der Waals surface area contributed by atoms with Crippen molar-refractivity contribution in [2.24, 2.45) is 0 Å². The molecule has 1 heterocycles. The Morgan fingerprint density at radius 1 is 1.50 bits per heavy atom. The highest BCUT2D eigenvalue weighted by Gasteiger charge is 2.30. The summed E-state index contributed by atoms with van der Waals surface area (Å²) in [6, 6.07) is 2.70. The van der Waals surface area contributed by atoms with E-state index in [1.54, 1.807) is 6.92 Å². The second kappa shape index (κ2) is 4.86. The SMILES string of the molecule is Cc1ccc(F)c(C(=O)Nc2noc(C3CC3)n2)c1Cl. The molecule has 104 valence electrons. The fraction of sp³-hybridized carbons (Fsp3) is 0.308. The van der Waals surface area contributed by atoms with Crippen molar-refractivity contribution in [3.8, 4) is 0 Å². The number of hydrogen-bond donors (Lipinski definition) is 1. The van der Waals surface area contributed by atoms with Gasteiger partial charge >= 0.3 is 0 Å². The number of benzene rings is 1. The Morgan fingerprint density at radius 3 is 2.95 bits per heavy atom. The second-order valence-electron chi connectivity index (χ2n) is 4.74. The van der Waals surface area contributed by atoms with Crippen LogP contribution in [0.2, 0.25) is 5.02 Å². The lowest BCUT2D eigenvalue weighted by Crippen LogP contribution is -2.16. The van der Waals surface area contributed by atoms with Gasteiger partial charge in [-0.1, -0.05) is 17.7 Å². The van der Waals surface area contributed by atoms with Crippen molar-refractivity contribution in [2.45, 2.75) is 25.7 Å². The van der Waals surface area contributed by atoms with E-state index in [1.807, 2.05) is 0 Å². The van der Waals surface area contributed by atoms with Crippen LogP contribution in [-0.4, -0.2) is 16.0 Å². The first-order chi connectivity index (χ1) is 9.56. The number of aromatic nitrogens is 2. The maximum absolute atomic E-state index is 13.7. The number of aryl methyl sites for hydroxylation is 1. The Hall–Kier alpha value is -1.95. The zero-order valence-electron chi connectivity index (χ0n) is 10.6. The molecule has 1 N–H and O–H groups in total. The summed E-state index contributed by atoms with van der Waals surface area (Å²) in [7, 11) is 0. The van der Waals surface area contributed by atoms with Gasteiger partial charge in [0.15, 0.2) is 0 Å². The maximum Gasteiger partial charge on any atom is 0.270 e. The highest BCUT2D eigenvalue weighted by molar-refractivity contribution is 6.35. The maximum atomic E-state index is 13.7.